The van der Waals surface area contributed by atoms with Crippen molar-refractivity contribution in [2.75, 3.05) is 42.9 Å². The standard InChI is InChI=1S/C21H20N6O4/c22-12-16-21(31-20(25-16)17-6-3-11-30-17)27-9-7-26(8-10-27)13-18(28)24-15-5-2-1-4-14(15)19(23)29/h1-6,11H,7-10,13H2,(H2,23,29)(H,24,28). The van der Waals surface area contributed by atoms with Gasteiger partial charge < -0.3 is 24.8 Å². The monoisotopic (exact) mass is 420 g/mol. The molecule has 3 N–H and O–H groups in total. The van der Waals surface area contributed by atoms with E-state index in [9.17, 15) is 14.9 Å². The van der Waals surface area contributed by atoms with Gasteiger partial charge in [-0.05, 0) is 24.3 Å². The Hall–Kier alpha value is -4.10. The minimum atomic E-state index is -0.598. The van der Waals surface area contributed by atoms with Crippen molar-refractivity contribution in [2.24, 2.45) is 5.73 Å². The van der Waals surface area contributed by atoms with Gasteiger partial charge in [0.1, 0.15) is 6.07 Å². The third kappa shape index (κ3) is 4.41. The average molecular weight is 420 g/mol. The van der Waals surface area contributed by atoms with Crippen molar-refractivity contribution in [1.29, 1.82) is 5.26 Å². The first-order chi connectivity index (χ1) is 15.0. The molecular weight excluding hydrogens is 400 g/mol. The normalized spacial score (nSPS) is 14.2. The van der Waals surface area contributed by atoms with Crippen LogP contribution in [0.15, 0.2) is 51.5 Å². The van der Waals surface area contributed by atoms with Gasteiger partial charge in [0.2, 0.25) is 17.5 Å². The van der Waals surface area contributed by atoms with Crippen molar-refractivity contribution < 1.29 is 18.4 Å². The molecular formula is C21H20N6O4. The SMILES string of the molecule is N#Cc1nc(-c2ccco2)oc1N1CCN(CC(=O)Nc2ccccc2C(N)=O)CC1. The molecule has 2 aromatic heterocycles. The summed E-state index contributed by atoms with van der Waals surface area (Å²) in [6.45, 7) is 2.47. The van der Waals surface area contributed by atoms with Crippen LogP contribution in [0.4, 0.5) is 11.6 Å². The fourth-order valence-electron chi connectivity index (χ4n) is 3.41. The lowest BCUT2D eigenvalue weighted by atomic mass is 10.1. The largest absolute Gasteiger partial charge is 0.459 e. The summed E-state index contributed by atoms with van der Waals surface area (Å²) in [7, 11) is 0. The van der Waals surface area contributed by atoms with E-state index >= 15 is 0 Å². The molecule has 158 valence electrons. The molecule has 0 aliphatic carbocycles. The van der Waals surface area contributed by atoms with Crippen LogP contribution in [0, 0.1) is 11.3 Å². The van der Waals surface area contributed by atoms with Gasteiger partial charge in [0.15, 0.2) is 5.76 Å². The van der Waals surface area contributed by atoms with Crippen LogP contribution in [0.5, 0.6) is 0 Å². The Labute approximate surface area is 177 Å². The molecule has 1 aliphatic heterocycles. The molecule has 31 heavy (non-hydrogen) atoms. The zero-order chi connectivity index (χ0) is 21.8. The van der Waals surface area contributed by atoms with Gasteiger partial charge in [0.25, 0.3) is 11.8 Å². The van der Waals surface area contributed by atoms with Gasteiger partial charge in [-0.3, -0.25) is 14.5 Å². The number of nitriles is 1. The lowest BCUT2D eigenvalue weighted by molar-refractivity contribution is -0.117. The molecule has 0 radical (unpaired) electrons. The first-order valence-electron chi connectivity index (χ1n) is 9.66. The predicted octanol–water partition coefficient (Wildman–Crippen LogP) is 1.67. The number of piperazine rings is 1. The summed E-state index contributed by atoms with van der Waals surface area (Å²) in [5, 5.41) is 12.1. The number of amides is 2. The second kappa shape index (κ2) is 8.73. The molecule has 0 bridgehead atoms. The summed E-state index contributed by atoms with van der Waals surface area (Å²) in [5.41, 5.74) is 6.21. The highest BCUT2D eigenvalue weighted by Gasteiger charge is 2.26. The van der Waals surface area contributed by atoms with E-state index in [1.165, 1.54) is 6.26 Å². The lowest BCUT2D eigenvalue weighted by Crippen LogP contribution is -2.48. The number of anilines is 2. The van der Waals surface area contributed by atoms with Crippen LogP contribution < -0.4 is 16.0 Å². The van der Waals surface area contributed by atoms with Gasteiger partial charge in [-0.15, -0.1) is 0 Å². The summed E-state index contributed by atoms with van der Waals surface area (Å²) in [4.78, 5) is 32.1. The highest BCUT2D eigenvalue weighted by Crippen LogP contribution is 2.29. The number of rotatable bonds is 6. The Morgan fingerprint density at radius 2 is 1.94 bits per heavy atom. The van der Waals surface area contributed by atoms with Crippen molar-refractivity contribution in [3.05, 3.63) is 53.9 Å². The highest BCUT2D eigenvalue weighted by molar-refractivity contribution is 6.03. The molecule has 10 heteroatoms. The van der Waals surface area contributed by atoms with Crippen LogP contribution in [0.3, 0.4) is 0 Å². The van der Waals surface area contributed by atoms with Crippen LogP contribution in [0.1, 0.15) is 16.1 Å². The Bertz CT molecular complexity index is 1120. The topological polar surface area (TPSA) is 142 Å². The van der Waals surface area contributed by atoms with Crippen LogP contribution in [-0.4, -0.2) is 54.4 Å². The minimum absolute atomic E-state index is 0.167. The second-order valence-electron chi connectivity index (χ2n) is 6.98. The third-order valence-corrected chi connectivity index (χ3v) is 4.94. The minimum Gasteiger partial charge on any atom is -0.459 e. The van der Waals surface area contributed by atoms with Crippen LogP contribution in [0.25, 0.3) is 11.7 Å². The fourth-order valence-corrected chi connectivity index (χ4v) is 3.41. The molecule has 1 fully saturated rings. The van der Waals surface area contributed by atoms with E-state index in [1.807, 2.05) is 9.80 Å². The van der Waals surface area contributed by atoms with Gasteiger partial charge in [0, 0.05) is 26.2 Å². The van der Waals surface area contributed by atoms with Crippen molar-refractivity contribution in [1.82, 2.24) is 9.88 Å². The highest BCUT2D eigenvalue weighted by atomic mass is 16.4. The van der Waals surface area contributed by atoms with E-state index < -0.39 is 5.91 Å². The van der Waals surface area contributed by atoms with Gasteiger partial charge in [-0.2, -0.15) is 10.2 Å². The first-order valence-corrected chi connectivity index (χ1v) is 9.66. The molecule has 0 unspecified atom stereocenters. The Morgan fingerprint density at radius 3 is 2.61 bits per heavy atom. The number of aromatic nitrogens is 1. The number of nitrogens with two attached hydrogens (primary N) is 1. The van der Waals surface area contributed by atoms with E-state index in [0.717, 1.165) is 0 Å². The zero-order valence-electron chi connectivity index (χ0n) is 16.6. The number of hydrogen-bond acceptors (Lipinski definition) is 8. The van der Waals surface area contributed by atoms with Gasteiger partial charge in [-0.25, -0.2) is 0 Å². The molecule has 2 amide bonds. The number of primary amides is 1. The lowest BCUT2D eigenvalue weighted by Gasteiger charge is -2.34. The maximum Gasteiger partial charge on any atom is 0.266 e. The van der Waals surface area contributed by atoms with E-state index in [1.54, 1.807) is 36.4 Å². The van der Waals surface area contributed by atoms with E-state index in [-0.39, 0.29) is 29.6 Å². The number of nitrogens with one attached hydrogen (secondary N) is 1. The molecule has 0 spiro atoms. The van der Waals surface area contributed by atoms with E-state index in [2.05, 4.69) is 16.4 Å². The molecule has 0 saturated carbocycles. The van der Waals surface area contributed by atoms with Crippen LogP contribution >= 0.6 is 0 Å². The summed E-state index contributed by atoms with van der Waals surface area (Å²) in [6, 6.07) is 12.1. The van der Waals surface area contributed by atoms with Crippen molar-refractivity contribution in [3.63, 3.8) is 0 Å². The molecule has 0 atom stereocenters. The number of carbonyl (C=O) groups excluding carboxylic acids is 2. The average Bonchev–Trinajstić information content (AvgIpc) is 3.44. The number of nitrogens with zero attached hydrogens (tertiary/aromatic N) is 4. The summed E-state index contributed by atoms with van der Waals surface area (Å²) < 4.78 is 11.1. The first kappa shape index (κ1) is 20.2. The maximum atomic E-state index is 12.4. The van der Waals surface area contributed by atoms with Crippen LogP contribution in [-0.2, 0) is 4.79 Å². The van der Waals surface area contributed by atoms with Gasteiger partial charge in [0.05, 0.1) is 24.1 Å². The number of carbonyl (C=O) groups is 2. The second-order valence-corrected chi connectivity index (χ2v) is 6.98. The van der Waals surface area contributed by atoms with E-state index in [0.29, 0.717) is 43.5 Å². The van der Waals surface area contributed by atoms with Crippen LogP contribution in [0.2, 0.25) is 0 Å². The van der Waals surface area contributed by atoms with Crippen molar-refractivity contribution >= 4 is 23.4 Å². The van der Waals surface area contributed by atoms with E-state index in [4.69, 9.17) is 14.6 Å². The number of para-hydroxylation sites is 1. The van der Waals surface area contributed by atoms with Crippen molar-refractivity contribution in [2.45, 2.75) is 0 Å². The summed E-state index contributed by atoms with van der Waals surface area (Å²) in [6.07, 6.45) is 1.51. The molecule has 1 saturated heterocycles. The molecule has 4 rings (SSSR count). The molecule has 1 aromatic carbocycles. The number of furan rings is 1. The zero-order valence-corrected chi connectivity index (χ0v) is 16.6. The molecule has 3 heterocycles. The molecule has 3 aromatic rings. The number of benzene rings is 1. The fraction of sp³-hybridized carbons (Fsp3) is 0.238. The Kier molecular flexibility index (Phi) is 5.68. The number of oxazole rings is 1. The quantitative estimate of drug-likeness (QED) is 0.613. The van der Waals surface area contributed by atoms with Crippen molar-refractivity contribution in [3.8, 4) is 17.7 Å². The van der Waals surface area contributed by atoms with Gasteiger partial charge >= 0.3 is 0 Å². The third-order valence-electron chi connectivity index (χ3n) is 4.94. The van der Waals surface area contributed by atoms with Gasteiger partial charge in [-0.1, -0.05) is 12.1 Å². The smallest absolute Gasteiger partial charge is 0.266 e. The number of hydrogen-bond donors (Lipinski definition) is 2. The Morgan fingerprint density at radius 1 is 1.16 bits per heavy atom. The molecule has 10 nitrogen and oxygen atoms in total. The predicted molar refractivity (Wildman–Crippen MR) is 111 cm³/mol. The maximum absolute atomic E-state index is 12.4. The molecule has 1 aliphatic rings. The summed E-state index contributed by atoms with van der Waals surface area (Å²) >= 11 is 0. The summed E-state index contributed by atoms with van der Waals surface area (Å²) in [5.74, 6) is 0.271. The Balaban J connectivity index is 1.36.